The smallest absolute Gasteiger partial charge is 0.314 e. The number of thioether (sulfide) groups is 1. The van der Waals surface area contributed by atoms with Gasteiger partial charge in [0.15, 0.2) is 0 Å². The van der Waals surface area contributed by atoms with Crippen LogP contribution in [-0.4, -0.2) is 27.8 Å². The highest BCUT2D eigenvalue weighted by atomic mass is 32.2. The first-order valence-electron chi connectivity index (χ1n) is 6.32. The number of aryl methyl sites for hydroxylation is 1. The van der Waals surface area contributed by atoms with Crippen molar-refractivity contribution in [2.75, 3.05) is 12.8 Å². The molecule has 2 rings (SSSR count). The van der Waals surface area contributed by atoms with E-state index in [1.165, 1.54) is 23.9 Å². The van der Waals surface area contributed by atoms with E-state index in [-0.39, 0.29) is 0 Å². The molecule has 0 bridgehead atoms. The Balaban J connectivity index is 1.88. The van der Waals surface area contributed by atoms with Crippen LogP contribution in [0.2, 0.25) is 0 Å². The molecule has 1 aromatic heterocycles. The lowest BCUT2D eigenvalue weighted by Gasteiger charge is -2.08. The van der Waals surface area contributed by atoms with Crippen molar-refractivity contribution in [2.24, 2.45) is 0 Å². The molecule has 4 nitrogen and oxygen atoms in total. The van der Waals surface area contributed by atoms with Crippen molar-refractivity contribution in [2.45, 2.75) is 24.2 Å². The molecule has 0 atom stereocenters. The molecular formula is C13H15F3N4S. The maximum Gasteiger partial charge on any atom is 0.416 e. The Morgan fingerprint density at radius 3 is 2.86 bits per heavy atom. The van der Waals surface area contributed by atoms with E-state index in [2.05, 4.69) is 15.6 Å². The number of nitrogens with zero attached hydrogens (tertiary/aromatic N) is 3. The minimum Gasteiger partial charge on any atom is -0.314 e. The van der Waals surface area contributed by atoms with Gasteiger partial charge in [0, 0.05) is 23.4 Å². The number of hydrogen-bond acceptors (Lipinski definition) is 4. The molecule has 0 unspecified atom stereocenters. The SMILES string of the molecule is CNCc1cn(CCSc2cccc(C(F)(F)F)c2)nn1. The van der Waals surface area contributed by atoms with Crippen molar-refractivity contribution >= 4 is 11.8 Å². The van der Waals surface area contributed by atoms with E-state index in [0.717, 1.165) is 11.8 Å². The minimum atomic E-state index is -4.30. The zero-order valence-electron chi connectivity index (χ0n) is 11.4. The third-order valence-electron chi connectivity index (χ3n) is 2.69. The molecule has 0 aliphatic rings. The topological polar surface area (TPSA) is 42.7 Å². The van der Waals surface area contributed by atoms with Gasteiger partial charge < -0.3 is 5.32 Å². The first-order chi connectivity index (χ1) is 9.99. The Kier molecular flexibility index (Phi) is 5.24. The van der Waals surface area contributed by atoms with Gasteiger partial charge in [-0.3, -0.25) is 4.68 Å². The molecule has 0 saturated heterocycles. The molecule has 0 spiro atoms. The van der Waals surface area contributed by atoms with Crippen LogP contribution in [0.15, 0.2) is 35.4 Å². The Hall–Kier alpha value is -1.54. The number of aromatic nitrogens is 3. The van der Waals surface area contributed by atoms with Crippen molar-refractivity contribution in [3.8, 4) is 0 Å². The van der Waals surface area contributed by atoms with E-state index in [9.17, 15) is 13.2 Å². The van der Waals surface area contributed by atoms with Gasteiger partial charge in [0.25, 0.3) is 0 Å². The Labute approximate surface area is 124 Å². The fraction of sp³-hybridized carbons (Fsp3) is 0.385. The summed E-state index contributed by atoms with van der Waals surface area (Å²) < 4.78 is 39.5. The van der Waals surface area contributed by atoms with Crippen LogP contribution >= 0.6 is 11.8 Å². The summed E-state index contributed by atoms with van der Waals surface area (Å²) in [5, 5.41) is 10.9. The monoisotopic (exact) mass is 316 g/mol. The van der Waals surface area contributed by atoms with E-state index < -0.39 is 11.7 Å². The van der Waals surface area contributed by atoms with Crippen LogP contribution in [-0.2, 0) is 19.3 Å². The lowest BCUT2D eigenvalue weighted by atomic mass is 10.2. The highest BCUT2D eigenvalue weighted by Gasteiger charge is 2.30. The van der Waals surface area contributed by atoms with Gasteiger partial charge in [0.05, 0.1) is 17.8 Å². The van der Waals surface area contributed by atoms with Crippen LogP contribution in [0, 0.1) is 0 Å². The van der Waals surface area contributed by atoms with Gasteiger partial charge in [-0.25, -0.2) is 0 Å². The fourth-order valence-electron chi connectivity index (χ4n) is 1.73. The van der Waals surface area contributed by atoms with Crippen molar-refractivity contribution in [3.63, 3.8) is 0 Å². The van der Waals surface area contributed by atoms with Crippen molar-refractivity contribution in [1.29, 1.82) is 0 Å². The summed E-state index contributed by atoms with van der Waals surface area (Å²) in [5.41, 5.74) is 0.214. The zero-order chi connectivity index (χ0) is 15.3. The lowest BCUT2D eigenvalue weighted by Crippen LogP contribution is -2.05. The van der Waals surface area contributed by atoms with Crippen LogP contribution in [0.4, 0.5) is 13.2 Å². The van der Waals surface area contributed by atoms with Gasteiger partial charge in [0.2, 0.25) is 0 Å². The van der Waals surface area contributed by atoms with E-state index in [1.807, 2.05) is 13.2 Å². The largest absolute Gasteiger partial charge is 0.416 e. The number of hydrogen-bond donors (Lipinski definition) is 1. The van der Waals surface area contributed by atoms with E-state index in [0.29, 0.717) is 23.7 Å². The lowest BCUT2D eigenvalue weighted by molar-refractivity contribution is -0.137. The average molecular weight is 316 g/mol. The van der Waals surface area contributed by atoms with Crippen LogP contribution in [0.3, 0.4) is 0 Å². The summed E-state index contributed by atoms with van der Waals surface area (Å²) in [6, 6.07) is 5.34. The summed E-state index contributed by atoms with van der Waals surface area (Å²) in [6.07, 6.45) is -2.48. The van der Waals surface area contributed by atoms with Crippen LogP contribution in [0.5, 0.6) is 0 Å². The first-order valence-corrected chi connectivity index (χ1v) is 7.31. The Morgan fingerprint density at radius 1 is 1.33 bits per heavy atom. The predicted molar refractivity (Wildman–Crippen MR) is 75.0 cm³/mol. The highest BCUT2D eigenvalue weighted by Crippen LogP contribution is 2.31. The first kappa shape index (κ1) is 15.8. The van der Waals surface area contributed by atoms with Crippen molar-refractivity contribution < 1.29 is 13.2 Å². The molecule has 114 valence electrons. The van der Waals surface area contributed by atoms with Crippen LogP contribution < -0.4 is 5.32 Å². The summed E-state index contributed by atoms with van der Waals surface area (Å²) in [5.74, 6) is 0.629. The molecule has 1 heterocycles. The van der Waals surface area contributed by atoms with Gasteiger partial charge in [-0.2, -0.15) is 13.2 Å². The molecule has 0 amide bonds. The zero-order valence-corrected chi connectivity index (χ0v) is 12.2. The predicted octanol–water partition coefficient (Wildman–Crippen LogP) is 2.81. The molecular weight excluding hydrogens is 301 g/mol. The third-order valence-corrected chi connectivity index (χ3v) is 3.67. The second kappa shape index (κ2) is 6.95. The second-order valence-electron chi connectivity index (χ2n) is 4.38. The number of nitrogens with one attached hydrogen (secondary N) is 1. The summed E-state index contributed by atoms with van der Waals surface area (Å²) in [4.78, 5) is 0.598. The summed E-state index contributed by atoms with van der Waals surface area (Å²) >= 11 is 1.36. The van der Waals surface area contributed by atoms with Gasteiger partial charge >= 0.3 is 6.18 Å². The fourth-order valence-corrected chi connectivity index (χ4v) is 2.63. The van der Waals surface area contributed by atoms with Crippen molar-refractivity contribution in [3.05, 3.63) is 41.7 Å². The maximum atomic E-state index is 12.6. The van der Waals surface area contributed by atoms with Gasteiger partial charge in [-0.05, 0) is 25.2 Å². The molecule has 0 aliphatic carbocycles. The van der Waals surface area contributed by atoms with E-state index in [4.69, 9.17) is 0 Å². The quantitative estimate of drug-likeness (QED) is 0.832. The summed E-state index contributed by atoms with van der Waals surface area (Å²) in [7, 11) is 1.82. The van der Waals surface area contributed by atoms with Gasteiger partial charge in [-0.1, -0.05) is 11.3 Å². The number of alkyl halides is 3. The highest BCUT2D eigenvalue weighted by molar-refractivity contribution is 7.99. The number of rotatable bonds is 6. The number of halogens is 3. The average Bonchev–Trinajstić information content (AvgIpc) is 2.86. The molecule has 0 radical (unpaired) electrons. The van der Waals surface area contributed by atoms with E-state index >= 15 is 0 Å². The molecule has 0 saturated carbocycles. The van der Waals surface area contributed by atoms with Crippen LogP contribution in [0.1, 0.15) is 11.3 Å². The molecule has 0 fully saturated rings. The molecule has 0 aliphatic heterocycles. The summed E-state index contributed by atoms with van der Waals surface area (Å²) in [6.45, 7) is 1.23. The van der Waals surface area contributed by atoms with Gasteiger partial charge in [0.1, 0.15) is 0 Å². The Bertz CT molecular complexity index is 583. The standard InChI is InChI=1S/C13H15F3N4S/c1-17-8-11-9-20(19-18-11)5-6-21-12-4-2-3-10(7-12)13(14,15)16/h2-4,7,9,17H,5-6,8H2,1H3. The molecule has 1 aromatic carbocycles. The van der Waals surface area contributed by atoms with Crippen LogP contribution in [0.25, 0.3) is 0 Å². The van der Waals surface area contributed by atoms with Crippen molar-refractivity contribution in [1.82, 2.24) is 20.3 Å². The third kappa shape index (κ3) is 4.75. The van der Waals surface area contributed by atoms with Gasteiger partial charge in [-0.15, -0.1) is 16.9 Å². The normalized spacial score (nSPS) is 11.8. The molecule has 8 heteroatoms. The maximum absolute atomic E-state index is 12.6. The Morgan fingerprint density at radius 2 is 2.14 bits per heavy atom. The molecule has 1 N–H and O–H groups in total. The molecule has 2 aromatic rings. The second-order valence-corrected chi connectivity index (χ2v) is 5.55. The molecule has 21 heavy (non-hydrogen) atoms. The number of benzene rings is 1. The van der Waals surface area contributed by atoms with E-state index in [1.54, 1.807) is 10.7 Å². The minimum absolute atomic E-state index is 0.595.